The number of hydrogen-bond donors (Lipinski definition) is 2. The average Bonchev–Trinajstić information content (AvgIpc) is 2.27. The first-order valence-corrected chi connectivity index (χ1v) is 5.07. The summed E-state index contributed by atoms with van der Waals surface area (Å²) >= 11 is 0. The highest BCUT2D eigenvalue weighted by atomic mass is 16.3. The third-order valence-electron chi connectivity index (χ3n) is 2.65. The molecule has 0 spiro atoms. The lowest BCUT2D eigenvalue weighted by Gasteiger charge is -2.13. The predicted octanol–water partition coefficient (Wildman–Crippen LogP) is 2.23. The van der Waals surface area contributed by atoms with Crippen molar-refractivity contribution in [2.45, 2.75) is 32.3 Å². The number of aliphatic hydroxyl groups is 2. The molecule has 2 atom stereocenters. The van der Waals surface area contributed by atoms with Crippen LogP contribution in [0.3, 0.4) is 0 Å². The molecule has 0 heterocycles. The molecule has 0 aliphatic rings. The molecule has 0 aliphatic heterocycles. The molecule has 78 valence electrons. The Balaban J connectivity index is 2.89. The summed E-state index contributed by atoms with van der Waals surface area (Å²) < 4.78 is 0. The molecule has 2 heteroatoms. The molecule has 0 saturated heterocycles. The maximum atomic E-state index is 9.46. The standard InChI is InChI=1S/C12H18O2/c1-3-9(2)10-5-4-6-11(7-10)12(14)8-13/h4-7,9,12-14H,3,8H2,1-2H3/t9?,12-/m0/s1. The fraction of sp³-hybridized carbons (Fsp3) is 0.500. The van der Waals surface area contributed by atoms with Gasteiger partial charge in [0.15, 0.2) is 0 Å². The molecule has 1 aromatic rings. The molecule has 0 aliphatic carbocycles. The number of rotatable bonds is 4. The van der Waals surface area contributed by atoms with Gasteiger partial charge in [-0.05, 0) is 23.5 Å². The monoisotopic (exact) mass is 194 g/mol. The Morgan fingerprint density at radius 2 is 1.93 bits per heavy atom. The summed E-state index contributed by atoms with van der Waals surface area (Å²) in [5.74, 6) is 0.501. The maximum absolute atomic E-state index is 9.46. The normalized spacial score (nSPS) is 15.1. The lowest BCUT2D eigenvalue weighted by Crippen LogP contribution is -2.03. The molecule has 0 amide bonds. The van der Waals surface area contributed by atoms with E-state index in [4.69, 9.17) is 5.11 Å². The van der Waals surface area contributed by atoms with Gasteiger partial charge in [-0.25, -0.2) is 0 Å². The minimum Gasteiger partial charge on any atom is -0.393 e. The van der Waals surface area contributed by atoms with E-state index in [0.29, 0.717) is 5.92 Å². The van der Waals surface area contributed by atoms with Crippen LogP contribution in [-0.4, -0.2) is 16.8 Å². The molecule has 2 nitrogen and oxygen atoms in total. The Morgan fingerprint density at radius 1 is 1.29 bits per heavy atom. The summed E-state index contributed by atoms with van der Waals surface area (Å²) in [7, 11) is 0. The molecular formula is C12H18O2. The van der Waals surface area contributed by atoms with Crippen molar-refractivity contribution in [3.8, 4) is 0 Å². The van der Waals surface area contributed by atoms with Crippen LogP contribution in [0.25, 0.3) is 0 Å². The van der Waals surface area contributed by atoms with Gasteiger partial charge in [-0.15, -0.1) is 0 Å². The van der Waals surface area contributed by atoms with Gasteiger partial charge in [0, 0.05) is 0 Å². The maximum Gasteiger partial charge on any atom is 0.102 e. The van der Waals surface area contributed by atoms with Crippen LogP contribution in [0.15, 0.2) is 24.3 Å². The van der Waals surface area contributed by atoms with Gasteiger partial charge in [0.05, 0.1) is 6.61 Å². The minimum atomic E-state index is -0.751. The zero-order chi connectivity index (χ0) is 10.6. The van der Waals surface area contributed by atoms with Crippen LogP contribution in [0.2, 0.25) is 0 Å². The van der Waals surface area contributed by atoms with Gasteiger partial charge in [0.25, 0.3) is 0 Å². The largest absolute Gasteiger partial charge is 0.393 e. The highest BCUT2D eigenvalue weighted by Crippen LogP contribution is 2.22. The van der Waals surface area contributed by atoms with E-state index in [0.717, 1.165) is 12.0 Å². The first-order chi connectivity index (χ1) is 6.69. The lowest BCUT2D eigenvalue weighted by molar-refractivity contribution is 0.0955. The smallest absolute Gasteiger partial charge is 0.102 e. The average molecular weight is 194 g/mol. The Bertz CT molecular complexity index is 258. The van der Waals surface area contributed by atoms with E-state index in [1.807, 2.05) is 18.2 Å². The van der Waals surface area contributed by atoms with E-state index in [1.54, 1.807) is 0 Å². The van der Waals surface area contributed by atoms with E-state index < -0.39 is 6.10 Å². The Kier molecular flexibility index (Phi) is 4.11. The Hall–Kier alpha value is -0.860. The van der Waals surface area contributed by atoms with Crippen molar-refractivity contribution in [2.24, 2.45) is 0 Å². The van der Waals surface area contributed by atoms with Crippen LogP contribution in [0, 0.1) is 0 Å². The summed E-state index contributed by atoms with van der Waals surface area (Å²) in [5.41, 5.74) is 2.02. The van der Waals surface area contributed by atoms with Crippen molar-refractivity contribution in [2.75, 3.05) is 6.61 Å². The quantitative estimate of drug-likeness (QED) is 0.771. The second-order valence-corrected chi connectivity index (χ2v) is 3.68. The van der Waals surface area contributed by atoms with Crippen molar-refractivity contribution in [3.05, 3.63) is 35.4 Å². The number of hydrogen-bond acceptors (Lipinski definition) is 2. The van der Waals surface area contributed by atoms with Crippen LogP contribution >= 0.6 is 0 Å². The van der Waals surface area contributed by atoms with Crippen LogP contribution in [-0.2, 0) is 0 Å². The van der Waals surface area contributed by atoms with E-state index in [-0.39, 0.29) is 6.61 Å². The molecule has 0 saturated carbocycles. The van der Waals surface area contributed by atoms with Gasteiger partial charge < -0.3 is 10.2 Å². The molecule has 14 heavy (non-hydrogen) atoms. The van der Waals surface area contributed by atoms with Gasteiger partial charge in [0.1, 0.15) is 6.10 Å². The van der Waals surface area contributed by atoms with Gasteiger partial charge >= 0.3 is 0 Å². The molecule has 0 fully saturated rings. The predicted molar refractivity (Wildman–Crippen MR) is 57.2 cm³/mol. The van der Waals surface area contributed by atoms with E-state index in [9.17, 15) is 5.11 Å². The first-order valence-electron chi connectivity index (χ1n) is 5.07. The van der Waals surface area contributed by atoms with Crippen LogP contribution in [0.1, 0.15) is 43.4 Å². The van der Waals surface area contributed by atoms with Gasteiger partial charge in [-0.3, -0.25) is 0 Å². The summed E-state index contributed by atoms with van der Waals surface area (Å²) in [6.45, 7) is 4.08. The Morgan fingerprint density at radius 3 is 2.50 bits per heavy atom. The second kappa shape index (κ2) is 5.13. The Labute approximate surface area is 85.2 Å². The van der Waals surface area contributed by atoms with Gasteiger partial charge in [0.2, 0.25) is 0 Å². The molecule has 0 aromatic heterocycles. The first kappa shape index (κ1) is 11.2. The third-order valence-corrected chi connectivity index (χ3v) is 2.65. The van der Waals surface area contributed by atoms with Crippen molar-refractivity contribution in [1.82, 2.24) is 0 Å². The van der Waals surface area contributed by atoms with Gasteiger partial charge in [-0.1, -0.05) is 38.1 Å². The SMILES string of the molecule is CCC(C)c1cccc([C@@H](O)CO)c1. The van der Waals surface area contributed by atoms with E-state index in [1.165, 1.54) is 5.56 Å². The highest BCUT2D eigenvalue weighted by Gasteiger charge is 2.08. The number of benzene rings is 1. The molecule has 0 radical (unpaired) electrons. The van der Waals surface area contributed by atoms with Crippen LogP contribution in [0.4, 0.5) is 0 Å². The fourth-order valence-corrected chi connectivity index (χ4v) is 1.41. The topological polar surface area (TPSA) is 40.5 Å². The fourth-order valence-electron chi connectivity index (χ4n) is 1.41. The third kappa shape index (κ3) is 2.56. The highest BCUT2D eigenvalue weighted by molar-refractivity contribution is 5.27. The van der Waals surface area contributed by atoms with Crippen molar-refractivity contribution in [3.63, 3.8) is 0 Å². The van der Waals surface area contributed by atoms with Crippen LogP contribution < -0.4 is 0 Å². The van der Waals surface area contributed by atoms with Crippen molar-refractivity contribution in [1.29, 1.82) is 0 Å². The summed E-state index contributed by atoms with van der Waals surface area (Å²) in [4.78, 5) is 0. The lowest BCUT2D eigenvalue weighted by atomic mass is 9.96. The molecular weight excluding hydrogens is 176 g/mol. The molecule has 1 unspecified atom stereocenters. The van der Waals surface area contributed by atoms with Crippen LogP contribution in [0.5, 0.6) is 0 Å². The van der Waals surface area contributed by atoms with Gasteiger partial charge in [-0.2, -0.15) is 0 Å². The summed E-state index contributed by atoms with van der Waals surface area (Å²) in [5, 5.41) is 18.3. The molecule has 1 rings (SSSR count). The summed E-state index contributed by atoms with van der Waals surface area (Å²) in [6, 6.07) is 7.79. The number of aliphatic hydroxyl groups excluding tert-OH is 2. The molecule has 1 aromatic carbocycles. The minimum absolute atomic E-state index is 0.218. The zero-order valence-corrected chi connectivity index (χ0v) is 8.77. The van der Waals surface area contributed by atoms with E-state index in [2.05, 4.69) is 19.9 Å². The second-order valence-electron chi connectivity index (χ2n) is 3.68. The van der Waals surface area contributed by atoms with Crippen molar-refractivity contribution >= 4 is 0 Å². The molecule has 0 bridgehead atoms. The molecule has 2 N–H and O–H groups in total. The summed E-state index contributed by atoms with van der Waals surface area (Å²) in [6.07, 6.45) is 0.331. The van der Waals surface area contributed by atoms with E-state index >= 15 is 0 Å². The van der Waals surface area contributed by atoms with Crippen molar-refractivity contribution < 1.29 is 10.2 Å². The zero-order valence-electron chi connectivity index (χ0n) is 8.77.